The minimum absolute atomic E-state index is 0.198. The van der Waals surface area contributed by atoms with Crippen LogP contribution in [0.15, 0.2) is 6.07 Å². The third-order valence-electron chi connectivity index (χ3n) is 9.29. The standard InChI is InChI=1S/C35H62N8O4/c1-34(2,3)46-32(44)42(19-10-20-43(28-11-8-7-9-12-28)33(45)47-35(4,5)6)25-27-15-13-26(14-16-27)24-38-31-39-29(36)23-30(40-31)41-21-17-37-18-22-41/h23,26-28,37H,7-22,24-25H2,1-6H3,(H3,36,38,39,40)/t26-,27+. The van der Waals surface area contributed by atoms with Gasteiger partial charge in [-0.1, -0.05) is 19.3 Å². The predicted molar refractivity (Wildman–Crippen MR) is 188 cm³/mol. The van der Waals surface area contributed by atoms with Gasteiger partial charge in [0.1, 0.15) is 22.8 Å². The van der Waals surface area contributed by atoms with Gasteiger partial charge in [-0.25, -0.2) is 9.59 Å². The van der Waals surface area contributed by atoms with Crippen molar-refractivity contribution in [3.63, 3.8) is 0 Å². The van der Waals surface area contributed by atoms with Gasteiger partial charge in [0.05, 0.1) is 0 Å². The minimum atomic E-state index is -0.572. The number of nitrogens with one attached hydrogen (secondary N) is 2. The molecule has 0 unspecified atom stereocenters. The summed E-state index contributed by atoms with van der Waals surface area (Å²) >= 11 is 0. The fraction of sp³-hybridized carbons (Fsp3) is 0.829. The van der Waals surface area contributed by atoms with E-state index in [1.165, 1.54) is 6.42 Å². The molecule has 2 saturated carbocycles. The maximum atomic E-state index is 13.4. The van der Waals surface area contributed by atoms with Crippen molar-refractivity contribution in [1.29, 1.82) is 0 Å². The number of nitrogen functional groups attached to an aromatic ring is 1. The van der Waals surface area contributed by atoms with Gasteiger partial charge >= 0.3 is 12.2 Å². The van der Waals surface area contributed by atoms with Gasteiger partial charge in [-0.2, -0.15) is 9.97 Å². The van der Waals surface area contributed by atoms with E-state index in [1.807, 2.05) is 57.4 Å². The zero-order chi connectivity index (χ0) is 34.0. The molecule has 1 aliphatic heterocycles. The molecule has 2 amide bonds. The number of carbonyl (C=O) groups is 2. The van der Waals surface area contributed by atoms with Crippen molar-refractivity contribution in [3.05, 3.63) is 6.07 Å². The molecule has 0 bridgehead atoms. The largest absolute Gasteiger partial charge is 0.444 e. The highest BCUT2D eigenvalue weighted by Crippen LogP contribution is 2.31. The van der Waals surface area contributed by atoms with Crippen LogP contribution in [0.1, 0.15) is 106 Å². The van der Waals surface area contributed by atoms with Gasteiger partial charge in [-0.15, -0.1) is 0 Å². The number of hydrogen-bond acceptors (Lipinski definition) is 10. The van der Waals surface area contributed by atoms with E-state index in [0.717, 1.165) is 89.9 Å². The Morgan fingerprint density at radius 1 is 0.894 bits per heavy atom. The summed E-state index contributed by atoms with van der Waals surface area (Å²) in [5, 5.41) is 6.82. The van der Waals surface area contributed by atoms with E-state index in [0.29, 0.717) is 49.7 Å². The van der Waals surface area contributed by atoms with Crippen LogP contribution in [-0.4, -0.2) is 102 Å². The number of piperazine rings is 1. The molecule has 3 aliphatic rings. The molecule has 0 atom stereocenters. The lowest BCUT2D eigenvalue weighted by Gasteiger charge is -2.37. The number of nitrogens with two attached hydrogens (primary N) is 1. The first-order valence-corrected chi connectivity index (χ1v) is 18.1. The van der Waals surface area contributed by atoms with Crippen LogP contribution in [0.4, 0.5) is 27.2 Å². The lowest BCUT2D eigenvalue weighted by molar-refractivity contribution is 0.00904. The maximum Gasteiger partial charge on any atom is 0.410 e. The Balaban J connectivity index is 1.30. The van der Waals surface area contributed by atoms with E-state index < -0.39 is 11.2 Å². The molecule has 2 aliphatic carbocycles. The SMILES string of the molecule is CC(C)(C)OC(=O)N(CCCN(C(=O)OC(C)(C)C)C1CCCCC1)C[C@H]1CC[C@@H](CNc2nc(N)cc(N3CCNCC3)n2)CC1. The van der Waals surface area contributed by atoms with Crippen LogP contribution in [0.5, 0.6) is 0 Å². The summed E-state index contributed by atoms with van der Waals surface area (Å²) in [5.41, 5.74) is 5.01. The fourth-order valence-electron chi connectivity index (χ4n) is 6.90. The number of ether oxygens (including phenoxy) is 2. The van der Waals surface area contributed by atoms with Gasteiger partial charge in [0.25, 0.3) is 0 Å². The van der Waals surface area contributed by atoms with Crippen LogP contribution >= 0.6 is 0 Å². The molecular weight excluding hydrogens is 596 g/mol. The Kier molecular flexibility index (Phi) is 13.2. The highest BCUT2D eigenvalue weighted by Gasteiger charge is 2.31. The van der Waals surface area contributed by atoms with E-state index in [4.69, 9.17) is 20.2 Å². The van der Waals surface area contributed by atoms with Crippen molar-refractivity contribution in [2.45, 2.75) is 123 Å². The Bertz CT molecular complexity index is 1130. The molecule has 0 aromatic carbocycles. The molecule has 4 N–H and O–H groups in total. The third kappa shape index (κ3) is 12.5. The zero-order valence-electron chi connectivity index (χ0n) is 30.0. The summed E-state index contributed by atoms with van der Waals surface area (Å²) < 4.78 is 11.6. The van der Waals surface area contributed by atoms with Gasteiger partial charge in [-0.3, -0.25) is 0 Å². The second-order valence-corrected chi connectivity index (χ2v) is 15.7. The minimum Gasteiger partial charge on any atom is -0.444 e. The molecule has 47 heavy (non-hydrogen) atoms. The highest BCUT2D eigenvalue weighted by molar-refractivity contribution is 5.69. The fourth-order valence-corrected chi connectivity index (χ4v) is 6.90. The molecule has 12 nitrogen and oxygen atoms in total. The number of amides is 2. The molecular formula is C35H62N8O4. The first kappa shape index (κ1) is 36.8. The highest BCUT2D eigenvalue weighted by atomic mass is 16.6. The summed E-state index contributed by atoms with van der Waals surface area (Å²) in [6.45, 7) is 17.7. The summed E-state index contributed by atoms with van der Waals surface area (Å²) in [4.78, 5) is 41.8. The quantitative estimate of drug-likeness (QED) is 0.264. The van der Waals surface area contributed by atoms with Crippen LogP contribution in [0.2, 0.25) is 0 Å². The van der Waals surface area contributed by atoms with Crippen molar-refractivity contribution < 1.29 is 19.1 Å². The van der Waals surface area contributed by atoms with E-state index in [2.05, 4.69) is 20.5 Å². The molecule has 1 saturated heterocycles. The molecule has 1 aromatic rings. The molecule has 0 spiro atoms. The number of rotatable bonds is 11. The van der Waals surface area contributed by atoms with Crippen LogP contribution in [0, 0.1) is 11.8 Å². The number of anilines is 3. The Labute approximate surface area is 282 Å². The average molecular weight is 659 g/mol. The molecule has 12 heteroatoms. The zero-order valence-corrected chi connectivity index (χ0v) is 30.0. The normalized spacial score (nSPS) is 21.2. The molecule has 266 valence electrons. The van der Waals surface area contributed by atoms with Gasteiger partial charge in [0.2, 0.25) is 5.95 Å². The van der Waals surface area contributed by atoms with Gasteiger partial charge in [0, 0.05) is 64.5 Å². The van der Waals surface area contributed by atoms with Crippen LogP contribution in [0.3, 0.4) is 0 Å². The maximum absolute atomic E-state index is 13.4. The number of carbonyl (C=O) groups excluding carboxylic acids is 2. The van der Waals surface area contributed by atoms with Gasteiger partial charge < -0.3 is 40.5 Å². The van der Waals surface area contributed by atoms with Crippen molar-refractivity contribution in [2.75, 3.05) is 68.3 Å². The van der Waals surface area contributed by atoms with Crippen LogP contribution in [0.25, 0.3) is 0 Å². The topological polar surface area (TPSA) is 138 Å². The lowest BCUT2D eigenvalue weighted by Crippen LogP contribution is -2.46. The van der Waals surface area contributed by atoms with E-state index in [-0.39, 0.29) is 18.2 Å². The molecule has 0 radical (unpaired) electrons. The van der Waals surface area contributed by atoms with Crippen LogP contribution in [-0.2, 0) is 9.47 Å². The summed E-state index contributed by atoms with van der Waals surface area (Å²) in [7, 11) is 0. The Morgan fingerprint density at radius 2 is 1.51 bits per heavy atom. The van der Waals surface area contributed by atoms with E-state index in [9.17, 15) is 9.59 Å². The number of nitrogens with zero attached hydrogens (tertiary/aromatic N) is 5. The molecule has 4 rings (SSSR count). The third-order valence-corrected chi connectivity index (χ3v) is 9.29. The monoisotopic (exact) mass is 658 g/mol. The van der Waals surface area contributed by atoms with Crippen LogP contribution < -0.4 is 21.3 Å². The van der Waals surface area contributed by atoms with E-state index >= 15 is 0 Å². The van der Waals surface area contributed by atoms with Gasteiger partial charge in [0.15, 0.2) is 0 Å². The summed E-state index contributed by atoms with van der Waals surface area (Å²) in [6.07, 6.45) is 9.89. The molecule has 2 heterocycles. The van der Waals surface area contributed by atoms with Crippen molar-refractivity contribution in [2.24, 2.45) is 11.8 Å². The summed E-state index contributed by atoms with van der Waals surface area (Å²) in [6, 6.07) is 2.05. The Morgan fingerprint density at radius 3 is 2.15 bits per heavy atom. The summed E-state index contributed by atoms with van der Waals surface area (Å²) in [5.74, 6) is 2.86. The molecule has 1 aromatic heterocycles. The van der Waals surface area contributed by atoms with Crippen molar-refractivity contribution >= 4 is 29.8 Å². The molecule has 3 fully saturated rings. The average Bonchev–Trinajstić information content (AvgIpc) is 3.01. The first-order valence-electron chi connectivity index (χ1n) is 18.1. The second-order valence-electron chi connectivity index (χ2n) is 15.7. The number of aromatic nitrogens is 2. The van der Waals surface area contributed by atoms with E-state index in [1.54, 1.807) is 0 Å². The second kappa shape index (κ2) is 16.9. The van der Waals surface area contributed by atoms with Crippen molar-refractivity contribution in [3.8, 4) is 0 Å². The van der Waals surface area contributed by atoms with Gasteiger partial charge in [-0.05, 0) is 98.3 Å². The smallest absolute Gasteiger partial charge is 0.410 e. The predicted octanol–water partition coefficient (Wildman–Crippen LogP) is 5.88. The first-order chi connectivity index (χ1) is 22.3. The number of hydrogen-bond donors (Lipinski definition) is 3. The lowest BCUT2D eigenvalue weighted by atomic mass is 9.81. The van der Waals surface area contributed by atoms with Crippen molar-refractivity contribution in [1.82, 2.24) is 25.1 Å². The Hall–Kier alpha value is -3.02.